The molecule has 0 saturated heterocycles. The standard InChI is InChI=1S/C17H15ClN2O3/c1-9-5-14(15(23-2)8-12(9)18)20-17(22)10-3-4-13-11(6-10)7-16(21)19-13/h3-6,8H,7H2,1-2H3,(H,19,21)(H,20,22). The second-order valence-electron chi connectivity index (χ2n) is 5.35. The molecule has 0 saturated carbocycles. The summed E-state index contributed by atoms with van der Waals surface area (Å²) < 4.78 is 5.25. The number of carbonyl (C=O) groups excluding carboxylic acids is 2. The molecule has 0 fully saturated rings. The van der Waals surface area contributed by atoms with E-state index in [4.69, 9.17) is 16.3 Å². The molecule has 1 aliphatic rings. The second-order valence-corrected chi connectivity index (χ2v) is 5.76. The van der Waals surface area contributed by atoms with Gasteiger partial charge in [-0.15, -0.1) is 0 Å². The number of amides is 2. The van der Waals surface area contributed by atoms with Gasteiger partial charge in [-0.05, 0) is 42.3 Å². The molecule has 0 radical (unpaired) electrons. The average molecular weight is 331 g/mol. The SMILES string of the molecule is COc1cc(Cl)c(C)cc1NC(=O)c1ccc2c(c1)CC(=O)N2. The van der Waals surface area contributed by atoms with Crippen molar-refractivity contribution in [3.05, 3.63) is 52.0 Å². The predicted molar refractivity (Wildman–Crippen MR) is 89.5 cm³/mol. The van der Waals surface area contributed by atoms with Gasteiger partial charge in [0.25, 0.3) is 5.91 Å². The first kappa shape index (κ1) is 15.4. The summed E-state index contributed by atoms with van der Waals surface area (Å²) in [7, 11) is 1.52. The van der Waals surface area contributed by atoms with Gasteiger partial charge in [0.1, 0.15) is 5.75 Å². The van der Waals surface area contributed by atoms with E-state index in [0.29, 0.717) is 28.4 Å². The molecule has 3 rings (SSSR count). The number of halogens is 1. The number of nitrogens with one attached hydrogen (secondary N) is 2. The maximum absolute atomic E-state index is 12.5. The lowest BCUT2D eigenvalue weighted by Gasteiger charge is -2.12. The van der Waals surface area contributed by atoms with E-state index in [1.165, 1.54) is 7.11 Å². The third-order valence-electron chi connectivity index (χ3n) is 3.72. The Balaban J connectivity index is 1.87. The molecule has 5 nitrogen and oxygen atoms in total. The normalized spacial score (nSPS) is 12.6. The minimum absolute atomic E-state index is 0.0625. The Hall–Kier alpha value is -2.53. The van der Waals surface area contributed by atoms with E-state index in [-0.39, 0.29) is 11.8 Å². The number of carbonyl (C=O) groups is 2. The Labute approximate surface area is 138 Å². The quantitative estimate of drug-likeness (QED) is 0.906. The Morgan fingerprint density at radius 2 is 2.09 bits per heavy atom. The van der Waals surface area contributed by atoms with Gasteiger partial charge in [0.15, 0.2) is 0 Å². The average Bonchev–Trinajstić information content (AvgIpc) is 2.89. The van der Waals surface area contributed by atoms with Gasteiger partial charge in [0.2, 0.25) is 5.91 Å². The summed E-state index contributed by atoms with van der Waals surface area (Å²) in [6, 6.07) is 8.56. The number of methoxy groups -OCH3 is 1. The van der Waals surface area contributed by atoms with Gasteiger partial charge < -0.3 is 15.4 Å². The molecule has 1 heterocycles. The fourth-order valence-electron chi connectivity index (χ4n) is 2.49. The molecule has 2 aromatic rings. The van der Waals surface area contributed by atoms with Gasteiger partial charge in [0, 0.05) is 22.3 Å². The van der Waals surface area contributed by atoms with Crippen molar-refractivity contribution < 1.29 is 14.3 Å². The highest BCUT2D eigenvalue weighted by Crippen LogP contribution is 2.31. The van der Waals surface area contributed by atoms with Crippen molar-refractivity contribution in [1.29, 1.82) is 0 Å². The minimum atomic E-state index is -0.271. The van der Waals surface area contributed by atoms with E-state index in [2.05, 4.69) is 10.6 Å². The Bertz CT molecular complexity index is 818. The van der Waals surface area contributed by atoms with E-state index in [9.17, 15) is 9.59 Å². The summed E-state index contributed by atoms with van der Waals surface area (Å²) in [6.07, 6.45) is 0.291. The van der Waals surface area contributed by atoms with Crippen molar-refractivity contribution in [2.24, 2.45) is 0 Å². The van der Waals surface area contributed by atoms with Crippen LogP contribution in [0.4, 0.5) is 11.4 Å². The number of hydrogen-bond donors (Lipinski definition) is 2. The first-order chi connectivity index (χ1) is 11.0. The van der Waals surface area contributed by atoms with Crippen LogP contribution < -0.4 is 15.4 Å². The molecular formula is C17H15ClN2O3. The van der Waals surface area contributed by atoms with E-state index in [1.54, 1.807) is 30.3 Å². The van der Waals surface area contributed by atoms with Crippen LogP contribution in [-0.2, 0) is 11.2 Å². The third kappa shape index (κ3) is 3.00. The molecule has 0 aromatic heterocycles. The van der Waals surface area contributed by atoms with Crippen LogP contribution in [0.2, 0.25) is 5.02 Å². The molecule has 2 aromatic carbocycles. The second kappa shape index (κ2) is 5.93. The van der Waals surface area contributed by atoms with Crippen molar-refractivity contribution in [3.63, 3.8) is 0 Å². The van der Waals surface area contributed by atoms with Crippen molar-refractivity contribution in [3.8, 4) is 5.75 Å². The van der Waals surface area contributed by atoms with E-state index in [0.717, 1.165) is 16.8 Å². The monoisotopic (exact) mass is 330 g/mol. The zero-order chi connectivity index (χ0) is 16.6. The smallest absolute Gasteiger partial charge is 0.255 e. The van der Waals surface area contributed by atoms with Crippen molar-refractivity contribution >= 4 is 34.8 Å². The summed E-state index contributed by atoms with van der Waals surface area (Å²) in [5.74, 6) is 0.159. The predicted octanol–water partition coefficient (Wildman–Crippen LogP) is 3.40. The van der Waals surface area contributed by atoms with Crippen LogP contribution in [-0.4, -0.2) is 18.9 Å². The molecule has 0 unspecified atom stereocenters. The molecule has 2 amide bonds. The van der Waals surface area contributed by atoms with E-state index in [1.807, 2.05) is 6.92 Å². The van der Waals surface area contributed by atoms with Crippen LogP contribution in [0.3, 0.4) is 0 Å². The molecule has 0 aliphatic carbocycles. The summed E-state index contributed by atoms with van der Waals surface area (Å²) in [5.41, 5.74) is 3.45. The Morgan fingerprint density at radius 1 is 1.30 bits per heavy atom. The van der Waals surface area contributed by atoms with Crippen LogP contribution >= 0.6 is 11.6 Å². The van der Waals surface area contributed by atoms with Crippen molar-refractivity contribution in [1.82, 2.24) is 0 Å². The van der Waals surface area contributed by atoms with Crippen LogP contribution in [0.5, 0.6) is 5.75 Å². The number of hydrogen-bond acceptors (Lipinski definition) is 3. The number of benzene rings is 2. The lowest BCUT2D eigenvalue weighted by atomic mass is 10.1. The van der Waals surface area contributed by atoms with Gasteiger partial charge in [-0.25, -0.2) is 0 Å². The topological polar surface area (TPSA) is 67.4 Å². The largest absolute Gasteiger partial charge is 0.495 e. The summed E-state index contributed by atoms with van der Waals surface area (Å²) in [6.45, 7) is 1.85. The highest BCUT2D eigenvalue weighted by atomic mass is 35.5. The van der Waals surface area contributed by atoms with Gasteiger partial charge in [-0.2, -0.15) is 0 Å². The molecule has 2 N–H and O–H groups in total. The molecule has 6 heteroatoms. The number of ether oxygens (including phenoxy) is 1. The molecule has 0 bridgehead atoms. The zero-order valence-corrected chi connectivity index (χ0v) is 13.5. The summed E-state index contributed by atoms with van der Waals surface area (Å²) in [5, 5.41) is 6.13. The number of rotatable bonds is 3. The van der Waals surface area contributed by atoms with Crippen molar-refractivity contribution in [2.45, 2.75) is 13.3 Å². The lowest BCUT2D eigenvalue weighted by molar-refractivity contribution is -0.115. The summed E-state index contributed by atoms with van der Waals surface area (Å²) >= 11 is 6.06. The Morgan fingerprint density at radius 3 is 2.83 bits per heavy atom. The van der Waals surface area contributed by atoms with E-state index >= 15 is 0 Å². The minimum Gasteiger partial charge on any atom is -0.495 e. The maximum Gasteiger partial charge on any atom is 0.255 e. The zero-order valence-electron chi connectivity index (χ0n) is 12.7. The van der Waals surface area contributed by atoms with Crippen LogP contribution in [0.25, 0.3) is 0 Å². The Kier molecular flexibility index (Phi) is 3.96. The van der Waals surface area contributed by atoms with Crippen molar-refractivity contribution in [2.75, 3.05) is 17.7 Å². The number of aryl methyl sites for hydroxylation is 1. The number of anilines is 2. The fraction of sp³-hybridized carbons (Fsp3) is 0.176. The lowest BCUT2D eigenvalue weighted by Crippen LogP contribution is -2.13. The van der Waals surface area contributed by atoms with Gasteiger partial charge in [-0.1, -0.05) is 11.6 Å². The molecular weight excluding hydrogens is 316 g/mol. The maximum atomic E-state index is 12.5. The third-order valence-corrected chi connectivity index (χ3v) is 4.13. The van der Waals surface area contributed by atoms with Gasteiger partial charge >= 0.3 is 0 Å². The summed E-state index contributed by atoms with van der Waals surface area (Å²) in [4.78, 5) is 23.8. The molecule has 118 valence electrons. The number of fused-ring (bicyclic) bond motifs is 1. The first-order valence-corrected chi connectivity index (χ1v) is 7.44. The van der Waals surface area contributed by atoms with Crippen LogP contribution in [0.15, 0.2) is 30.3 Å². The van der Waals surface area contributed by atoms with E-state index < -0.39 is 0 Å². The van der Waals surface area contributed by atoms with Gasteiger partial charge in [0.05, 0.1) is 19.2 Å². The molecule has 23 heavy (non-hydrogen) atoms. The van der Waals surface area contributed by atoms with Gasteiger partial charge in [-0.3, -0.25) is 9.59 Å². The highest BCUT2D eigenvalue weighted by molar-refractivity contribution is 6.31. The van der Waals surface area contributed by atoms with Crippen LogP contribution in [0, 0.1) is 6.92 Å². The first-order valence-electron chi connectivity index (χ1n) is 7.06. The molecule has 1 aliphatic heterocycles. The van der Waals surface area contributed by atoms with Crippen LogP contribution in [0.1, 0.15) is 21.5 Å². The molecule has 0 spiro atoms. The molecule has 0 atom stereocenters. The fourth-order valence-corrected chi connectivity index (χ4v) is 2.65. The highest BCUT2D eigenvalue weighted by Gasteiger charge is 2.19.